The minimum atomic E-state index is -3.77. The lowest BCUT2D eigenvalue weighted by atomic mass is 10.1. The van der Waals surface area contributed by atoms with Crippen molar-refractivity contribution in [1.29, 1.82) is 0 Å². The van der Waals surface area contributed by atoms with Crippen LogP contribution in [0.2, 0.25) is 0 Å². The van der Waals surface area contributed by atoms with Crippen LogP contribution in [0, 0.1) is 13.8 Å². The number of benzene rings is 2. The molecule has 1 atom stereocenters. The number of amides is 1. The molecule has 2 aromatic carbocycles. The van der Waals surface area contributed by atoms with E-state index < -0.39 is 10.0 Å². The standard InChI is InChI=1S/C20H26N2O3S/c1-5-6-16(4)21-20(23)19-13-18(12-9-15(19)3)26(24,25)22-17-10-7-14(2)8-11-17/h7-13,16,22H,5-6H2,1-4H3,(H,21,23). The number of rotatable bonds is 7. The largest absolute Gasteiger partial charge is 0.350 e. The van der Waals surface area contributed by atoms with E-state index in [9.17, 15) is 13.2 Å². The molecule has 0 heterocycles. The molecule has 0 fully saturated rings. The highest BCUT2D eigenvalue weighted by molar-refractivity contribution is 7.92. The zero-order valence-electron chi connectivity index (χ0n) is 15.7. The fourth-order valence-electron chi connectivity index (χ4n) is 2.66. The van der Waals surface area contributed by atoms with Crippen LogP contribution in [0.4, 0.5) is 5.69 Å². The van der Waals surface area contributed by atoms with Crippen LogP contribution in [0.5, 0.6) is 0 Å². The predicted molar refractivity (Wildman–Crippen MR) is 105 cm³/mol. The number of carbonyl (C=O) groups excluding carboxylic acids is 1. The van der Waals surface area contributed by atoms with E-state index in [1.54, 1.807) is 25.1 Å². The maximum absolute atomic E-state index is 12.7. The summed E-state index contributed by atoms with van der Waals surface area (Å²) in [5.74, 6) is -0.254. The zero-order valence-corrected chi connectivity index (χ0v) is 16.5. The van der Waals surface area contributed by atoms with Gasteiger partial charge in [-0.05, 0) is 57.0 Å². The third kappa shape index (κ3) is 5.08. The van der Waals surface area contributed by atoms with Gasteiger partial charge in [0.1, 0.15) is 0 Å². The van der Waals surface area contributed by atoms with Crippen molar-refractivity contribution in [2.45, 2.75) is 51.5 Å². The number of anilines is 1. The molecule has 0 saturated carbocycles. The quantitative estimate of drug-likeness (QED) is 0.768. The summed E-state index contributed by atoms with van der Waals surface area (Å²) in [6, 6.07) is 11.7. The van der Waals surface area contributed by atoms with Crippen LogP contribution in [0.25, 0.3) is 0 Å². The Kier molecular flexibility index (Phi) is 6.42. The molecule has 0 aliphatic carbocycles. The predicted octanol–water partition coefficient (Wildman–Crippen LogP) is 4.02. The Balaban J connectivity index is 2.26. The highest BCUT2D eigenvalue weighted by atomic mass is 32.2. The van der Waals surface area contributed by atoms with Gasteiger partial charge < -0.3 is 5.32 Å². The highest BCUT2D eigenvalue weighted by Gasteiger charge is 2.19. The van der Waals surface area contributed by atoms with Crippen molar-refractivity contribution >= 4 is 21.6 Å². The normalized spacial score (nSPS) is 12.5. The van der Waals surface area contributed by atoms with Crippen LogP contribution in [-0.2, 0) is 10.0 Å². The van der Waals surface area contributed by atoms with E-state index in [1.807, 2.05) is 26.0 Å². The van der Waals surface area contributed by atoms with Gasteiger partial charge in [0.2, 0.25) is 0 Å². The average molecular weight is 375 g/mol. The second kappa shape index (κ2) is 8.36. The monoisotopic (exact) mass is 374 g/mol. The summed E-state index contributed by atoms with van der Waals surface area (Å²) >= 11 is 0. The van der Waals surface area contributed by atoms with Gasteiger partial charge in [-0.3, -0.25) is 9.52 Å². The molecule has 0 aromatic heterocycles. The van der Waals surface area contributed by atoms with Crippen LogP contribution in [-0.4, -0.2) is 20.4 Å². The highest BCUT2D eigenvalue weighted by Crippen LogP contribution is 2.20. The van der Waals surface area contributed by atoms with Crippen molar-refractivity contribution in [1.82, 2.24) is 5.32 Å². The van der Waals surface area contributed by atoms with Crippen LogP contribution >= 0.6 is 0 Å². The van der Waals surface area contributed by atoms with Crippen molar-refractivity contribution in [3.8, 4) is 0 Å². The summed E-state index contributed by atoms with van der Waals surface area (Å²) in [6.07, 6.45) is 1.84. The first-order chi connectivity index (χ1) is 12.2. The van der Waals surface area contributed by atoms with E-state index in [0.717, 1.165) is 24.0 Å². The number of aryl methyl sites for hydroxylation is 2. The summed E-state index contributed by atoms with van der Waals surface area (Å²) in [6.45, 7) is 7.72. The Morgan fingerprint density at radius 2 is 1.73 bits per heavy atom. The maximum Gasteiger partial charge on any atom is 0.261 e. The smallest absolute Gasteiger partial charge is 0.261 e. The topological polar surface area (TPSA) is 75.3 Å². The first-order valence-electron chi connectivity index (χ1n) is 8.74. The fraction of sp³-hybridized carbons (Fsp3) is 0.350. The summed E-state index contributed by atoms with van der Waals surface area (Å²) in [4.78, 5) is 12.6. The molecule has 0 aliphatic rings. The molecule has 2 N–H and O–H groups in total. The van der Waals surface area contributed by atoms with Crippen LogP contribution < -0.4 is 10.0 Å². The third-order valence-corrected chi connectivity index (χ3v) is 5.55. The van der Waals surface area contributed by atoms with Gasteiger partial charge in [0.25, 0.3) is 15.9 Å². The molecule has 2 aromatic rings. The molecule has 6 heteroatoms. The molecule has 0 aliphatic heterocycles. The average Bonchev–Trinajstić information content (AvgIpc) is 2.57. The van der Waals surface area contributed by atoms with Gasteiger partial charge in [-0.25, -0.2) is 8.42 Å². The van der Waals surface area contributed by atoms with Gasteiger partial charge >= 0.3 is 0 Å². The van der Waals surface area contributed by atoms with Crippen LogP contribution in [0.15, 0.2) is 47.4 Å². The number of sulfonamides is 1. The fourth-order valence-corrected chi connectivity index (χ4v) is 3.74. The molecular weight excluding hydrogens is 348 g/mol. The number of nitrogens with one attached hydrogen (secondary N) is 2. The van der Waals surface area contributed by atoms with E-state index >= 15 is 0 Å². The Hall–Kier alpha value is -2.34. The number of hydrogen-bond acceptors (Lipinski definition) is 3. The second-order valence-electron chi connectivity index (χ2n) is 6.61. The van der Waals surface area contributed by atoms with Gasteiger partial charge in [0, 0.05) is 17.3 Å². The van der Waals surface area contributed by atoms with Crippen molar-refractivity contribution < 1.29 is 13.2 Å². The maximum atomic E-state index is 12.7. The van der Waals surface area contributed by atoms with Gasteiger partial charge in [-0.2, -0.15) is 0 Å². The van der Waals surface area contributed by atoms with Gasteiger partial charge in [-0.15, -0.1) is 0 Å². The summed E-state index contributed by atoms with van der Waals surface area (Å²) in [5.41, 5.74) is 2.64. The van der Waals surface area contributed by atoms with Crippen molar-refractivity contribution in [3.05, 3.63) is 59.2 Å². The van der Waals surface area contributed by atoms with Crippen LogP contribution in [0.3, 0.4) is 0 Å². The lowest BCUT2D eigenvalue weighted by Crippen LogP contribution is -2.33. The Morgan fingerprint density at radius 3 is 2.35 bits per heavy atom. The Morgan fingerprint density at radius 1 is 1.08 bits per heavy atom. The number of hydrogen-bond donors (Lipinski definition) is 2. The van der Waals surface area contributed by atoms with Gasteiger partial charge in [0.15, 0.2) is 0 Å². The van der Waals surface area contributed by atoms with Gasteiger partial charge in [-0.1, -0.05) is 37.1 Å². The minimum Gasteiger partial charge on any atom is -0.350 e. The summed E-state index contributed by atoms with van der Waals surface area (Å²) in [5, 5.41) is 2.92. The molecule has 0 spiro atoms. The van der Waals surface area contributed by atoms with E-state index in [4.69, 9.17) is 0 Å². The Bertz CT molecular complexity index is 874. The molecule has 1 unspecified atom stereocenters. The number of carbonyl (C=O) groups is 1. The van der Waals surface area contributed by atoms with Gasteiger partial charge in [0.05, 0.1) is 4.90 Å². The summed E-state index contributed by atoms with van der Waals surface area (Å²) < 4.78 is 27.9. The molecule has 2 rings (SSSR count). The van der Waals surface area contributed by atoms with E-state index in [0.29, 0.717) is 11.3 Å². The SMILES string of the molecule is CCCC(C)NC(=O)c1cc(S(=O)(=O)Nc2ccc(C)cc2)ccc1C. The Labute approximate surface area is 155 Å². The van der Waals surface area contributed by atoms with Crippen molar-refractivity contribution in [3.63, 3.8) is 0 Å². The van der Waals surface area contributed by atoms with Crippen molar-refractivity contribution in [2.24, 2.45) is 0 Å². The molecule has 140 valence electrons. The van der Waals surface area contributed by atoms with E-state index in [2.05, 4.69) is 17.0 Å². The molecule has 5 nitrogen and oxygen atoms in total. The second-order valence-corrected chi connectivity index (χ2v) is 8.29. The molecule has 0 radical (unpaired) electrons. The van der Waals surface area contributed by atoms with Crippen molar-refractivity contribution in [2.75, 3.05) is 4.72 Å². The molecule has 0 bridgehead atoms. The molecule has 26 heavy (non-hydrogen) atoms. The van der Waals surface area contributed by atoms with Crippen LogP contribution in [0.1, 0.15) is 48.2 Å². The van der Waals surface area contributed by atoms with E-state index in [-0.39, 0.29) is 16.8 Å². The summed E-state index contributed by atoms with van der Waals surface area (Å²) in [7, 11) is -3.77. The minimum absolute atomic E-state index is 0.0397. The lowest BCUT2D eigenvalue weighted by molar-refractivity contribution is 0.0937. The first-order valence-corrected chi connectivity index (χ1v) is 10.2. The first kappa shape index (κ1) is 20.0. The third-order valence-electron chi connectivity index (χ3n) is 4.17. The molecular formula is C20H26N2O3S. The molecule has 0 saturated heterocycles. The lowest BCUT2D eigenvalue weighted by Gasteiger charge is -2.15. The molecule has 1 amide bonds. The van der Waals surface area contributed by atoms with E-state index in [1.165, 1.54) is 12.1 Å². The zero-order chi connectivity index (χ0) is 19.3.